The van der Waals surface area contributed by atoms with E-state index in [0.29, 0.717) is 23.8 Å². The third kappa shape index (κ3) is 6.65. The van der Waals surface area contributed by atoms with Gasteiger partial charge in [-0.3, -0.25) is 4.79 Å². The first-order valence-electron chi connectivity index (χ1n) is 14.1. The molecule has 214 valence electrons. The fraction of sp³-hybridized carbons (Fsp3) is 0.344. The first-order valence-corrected chi connectivity index (χ1v) is 14.8. The maximum atomic E-state index is 13.0. The van der Waals surface area contributed by atoms with E-state index in [2.05, 4.69) is 16.8 Å². The lowest BCUT2D eigenvalue weighted by Gasteiger charge is -2.23. The fourth-order valence-corrected chi connectivity index (χ4v) is 5.68. The fourth-order valence-electron chi connectivity index (χ4n) is 5.35. The minimum atomic E-state index is -0.428. The summed E-state index contributed by atoms with van der Waals surface area (Å²) >= 11 is 12.6. The number of nitrogens with zero attached hydrogens (tertiary/aromatic N) is 2. The Kier molecular flexibility index (Phi) is 8.67. The van der Waals surface area contributed by atoms with Crippen molar-refractivity contribution in [2.45, 2.75) is 64.2 Å². The standard InChI is InChI=1S/C32H32Cl2N2O5/c33-24-9-7-22-11-14-35(27(22)17-24)13-3-1-5-31(36-15-12-23-8-10-25(34)18-28(23)36)41-30-21-39-26(19-29(30)37)20-40-32-6-2-4-16-38-32/h7-12,14-15,17-19,21,31-32H,1-6,13,16,20H2. The zero-order chi connectivity index (χ0) is 28.2. The van der Waals surface area contributed by atoms with Crippen LogP contribution in [-0.2, 0) is 22.6 Å². The van der Waals surface area contributed by atoms with E-state index in [0.717, 1.165) is 65.5 Å². The van der Waals surface area contributed by atoms with Gasteiger partial charge in [0.1, 0.15) is 18.6 Å². The molecule has 1 aliphatic heterocycles. The summed E-state index contributed by atoms with van der Waals surface area (Å²) in [5.74, 6) is 0.591. The third-order valence-corrected chi connectivity index (χ3v) is 7.97. The highest BCUT2D eigenvalue weighted by atomic mass is 35.5. The molecule has 2 unspecified atom stereocenters. The SMILES string of the molecule is O=c1cc(COC2CCCCO2)occ1OC(CCCCn1ccc2ccc(Cl)cc21)n1ccc2ccc(Cl)cc21. The molecule has 9 heteroatoms. The molecule has 6 rings (SSSR count). The molecule has 2 atom stereocenters. The highest BCUT2D eigenvalue weighted by Gasteiger charge is 2.19. The predicted molar refractivity (Wildman–Crippen MR) is 161 cm³/mol. The highest BCUT2D eigenvalue weighted by Crippen LogP contribution is 2.29. The average molecular weight is 596 g/mol. The van der Waals surface area contributed by atoms with Crippen LogP contribution in [0, 0.1) is 0 Å². The van der Waals surface area contributed by atoms with E-state index in [-0.39, 0.29) is 24.1 Å². The molecule has 5 aromatic rings. The van der Waals surface area contributed by atoms with Crippen LogP contribution in [0.5, 0.6) is 5.75 Å². The highest BCUT2D eigenvalue weighted by molar-refractivity contribution is 6.31. The topological polar surface area (TPSA) is 67.8 Å². The number of fused-ring (bicyclic) bond motifs is 2. The molecule has 0 bridgehead atoms. The summed E-state index contributed by atoms with van der Waals surface area (Å²) in [5, 5.41) is 3.57. The van der Waals surface area contributed by atoms with Gasteiger partial charge in [0.15, 0.2) is 12.5 Å². The van der Waals surface area contributed by atoms with Crippen molar-refractivity contribution >= 4 is 45.0 Å². The van der Waals surface area contributed by atoms with Gasteiger partial charge in [0.2, 0.25) is 11.2 Å². The summed E-state index contributed by atoms with van der Waals surface area (Å²) in [6.45, 7) is 1.71. The number of ether oxygens (including phenoxy) is 3. The van der Waals surface area contributed by atoms with Crippen molar-refractivity contribution in [3.63, 3.8) is 0 Å². The third-order valence-electron chi connectivity index (χ3n) is 7.50. The molecule has 0 amide bonds. The van der Waals surface area contributed by atoms with Crippen LogP contribution in [0.25, 0.3) is 21.8 Å². The van der Waals surface area contributed by atoms with E-state index in [1.165, 1.54) is 12.3 Å². The minimum absolute atomic E-state index is 0.155. The molecule has 7 nitrogen and oxygen atoms in total. The van der Waals surface area contributed by atoms with Crippen molar-refractivity contribution < 1.29 is 18.6 Å². The summed E-state index contributed by atoms with van der Waals surface area (Å²) in [7, 11) is 0. The Bertz CT molecular complexity index is 1680. The van der Waals surface area contributed by atoms with Crippen LogP contribution in [0.2, 0.25) is 10.0 Å². The molecule has 41 heavy (non-hydrogen) atoms. The molecule has 3 aromatic heterocycles. The van der Waals surface area contributed by atoms with Crippen molar-refractivity contribution in [3.05, 3.63) is 99.3 Å². The molecule has 0 aliphatic carbocycles. The number of benzene rings is 2. The lowest BCUT2D eigenvalue weighted by molar-refractivity contribution is -0.171. The maximum absolute atomic E-state index is 13.0. The van der Waals surface area contributed by atoms with Gasteiger partial charge >= 0.3 is 0 Å². The monoisotopic (exact) mass is 594 g/mol. The summed E-state index contributed by atoms with van der Waals surface area (Å²) in [4.78, 5) is 13.0. The number of hydrogen-bond acceptors (Lipinski definition) is 5. The predicted octanol–water partition coefficient (Wildman–Crippen LogP) is 8.35. The quantitative estimate of drug-likeness (QED) is 0.144. The van der Waals surface area contributed by atoms with Gasteiger partial charge in [0.25, 0.3) is 0 Å². The van der Waals surface area contributed by atoms with Gasteiger partial charge in [-0.25, -0.2) is 0 Å². The molecule has 1 fully saturated rings. The van der Waals surface area contributed by atoms with Crippen LogP contribution >= 0.6 is 23.2 Å². The molecule has 1 saturated heterocycles. The molecule has 0 radical (unpaired) electrons. The summed E-state index contributed by atoms with van der Waals surface area (Å²) in [6.07, 6.45) is 10.2. The van der Waals surface area contributed by atoms with Crippen LogP contribution < -0.4 is 10.2 Å². The smallest absolute Gasteiger partial charge is 0.227 e. The lowest BCUT2D eigenvalue weighted by atomic mass is 10.2. The summed E-state index contributed by atoms with van der Waals surface area (Å²) < 4.78 is 27.7. The van der Waals surface area contributed by atoms with Gasteiger partial charge in [-0.1, -0.05) is 35.3 Å². The largest absolute Gasteiger partial charge is 0.463 e. The average Bonchev–Trinajstić information content (AvgIpc) is 3.58. The zero-order valence-corrected chi connectivity index (χ0v) is 24.2. The van der Waals surface area contributed by atoms with E-state index in [1.54, 1.807) is 0 Å². The van der Waals surface area contributed by atoms with Crippen molar-refractivity contribution in [3.8, 4) is 5.75 Å². The molecule has 4 heterocycles. The van der Waals surface area contributed by atoms with Crippen LogP contribution in [0.1, 0.15) is 50.5 Å². The van der Waals surface area contributed by atoms with E-state index in [1.807, 2.05) is 53.2 Å². The number of unbranched alkanes of at least 4 members (excludes halogenated alkanes) is 1. The Morgan fingerprint density at radius 2 is 1.71 bits per heavy atom. The maximum Gasteiger partial charge on any atom is 0.227 e. The van der Waals surface area contributed by atoms with E-state index in [4.69, 9.17) is 41.8 Å². The second kappa shape index (κ2) is 12.7. The Labute approximate surface area is 248 Å². The molecule has 0 spiro atoms. The van der Waals surface area contributed by atoms with E-state index < -0.39 is 6.23 Å². The Morgan fingerprint density at radius 3 is 2.49 bits per heavy atom. The molecule has 1 aliphatic rings. The first kappa shape index (κ1) is 27.9. The van der Waals surface area contributed by atoms with E-state index in [9.17, 15) is 4.79 Å². The molecule has 2 aromatic carbocycles. The molecule has 0 N–H and O–H groups in total. The van der Waals surface area contributed by atoms with Crippen LogP contribution in [0.4, 0.5) is 0 Å². The van der Waals surface area contributed by atoms with Crippen molar-refractivity contribution in [1.82, 2.24) is 9.13 Å². The second-order valence-corrected chi connectivity index (χ2v) is 11.3. The van der Waals surface area contributed by atoms with Crippen LogP contribution in [0.15, 0.2) is 82.5 Å². The second-order valence-electron chi connectivity index (χ2n) is 10.4. The van der Waals surface area contributed by atoms with Crippen molar-refractivity contribution in [2.24, 2.45) is 0 Å². The number of hydrogen-bond donors (Lipinski definition) is 0. The van der Waals surface area contributed by atoms with Crippen molar-refractivity contribution in [1.29, 1.82) is 0 Å². The van der Waals surface area contributed by atoms with Gasteiger partial charge in [-0.2, -0.15) is 0 Å². The molecule has 0 saturated carbocycles. The zero-order valence-electron chi connectivity index (χ0n) is 22.6. The summed E-state index contributed by atoms with van der Waals surface area (Å²) in [5.41, 5.74) is 1.80. The van der Waals surface area contributed by atoms with Gasteiger partial charge in [-0.05, 0) is 79.3 Å². The van der Waals surface area contributed by atoms with E-state index >= 15 is 0 Å². The van der Waals surface area contributed by atoms with Gasteiger partial charge in [0.05, 0.1) is 5.52 Å². The Morgan fingerprint density at radius 1 is 0.927 bits per heavy atom. The van der Waals surface area contributed by atoms with Gasteiger partial charge in [-0.15, -0.1) is 0 Å². The number of aromatic nitrogens is 2. The van der Waals surface area contributed by atoms with Crippen molar-refractivity contribution in [2.75, 3.05) is 6.61 Å². The minimum Gasteiger partial charge on any atom is -0.463 e. The Hall–Kier alpha value is -3.23. The first-order chi connectivity index (χ1) is 20.0. The number of aryl methyl sites for hydroxylation is 1. The normalized spacial score (nSPS) is 16.4. The molecular formula is C32H32Cl2N2O5. The summed E-state index contributed by atoms with van der Waals surface area (Å²) in [6, 6.07) is 17.3. The lowest BCUT2D eigenvalue weighted by Crippen LogP contribution is -2.22. The molecular weight excluding hydrogens is 563 g/mol. The number of rotatable bonds is 11. The Balaban J connectivity index is 1.16. The van der Waals surface area contributed by atoms with Crippen LogP contribution in [0.3, 0.4) is 0 Å². The number of halogens is 2. The van der Waals surface area contributed by atoms with Crippen LogP contribution in [-0.4, -0.2) is 22.0 Å². The van der Waals surface area contributed by atoms with Gasteiger partial charge in [0, 0.05) is 53.6 Å². The van der Waals surface area contributed by atoms with Gasteiger partial charge < -0.3 is 27.8 Å².